The van der Waals surface area contributed by atoms with Crippen LogP contribution in [0.3, 0.4) is 0 Å². The van der Waals surface area contributed by atoms with Gasteiger partial charge in [-0.2, -0.15) is 4.98 Å². The van der Waals surface area contributed by atoms with Crippen LogP contribution in [0.15, 0.2) is 30.0 Å². The lowest BCUT2D eigenvalue weighted by Crippen LogP contribution is -2.05. The Bertz CT molecular complexity index is 456. The molecule has 0 fully saturated rings. The van der Waals surface area contributed by atoms with Crippen molar-refractivity contribution in [1.82, 2.24) is 9.97 Å². The van der Waals surface area contributed by atoms with Crippen molar-refractivity contribution in [2.24, 2.45) is 5.92 Å². The summed E-state index contributed by atoms with van der Waals surface area (Å²) in [5, 5.41) is 0. The van der Waals surface area contributed by atoms with Gasteiger partial charge in [-0.3, -0.25) is 0 Å². The zero-order chi connectivity index (χ0) is 13.5. The van der Waals surface area contributed by atoms with E-state index in [-0.39, 0.29) is 11.8 Å². The summed E-state index contributed by atoms with van der Waals surface area (Å²) in [4.78, 5) is 7.39. The summed E-state index contributed by atoms with van der Waals surface area (Å²) < 4.78 is 18.2. The lowest BCUT2D eigenvalue weighted by Gasteiger charge is -2.06. The lowest BCUT2D eigenvalue weighted by molar-refractivity contribution is 0.325. The van der Waals surface area contributed by atoms with Crippen molar-refractivity contribution in [3.8, 4) is 6.01 Å². The molecule has 0 spiro atoms. The minimum Gasteiger partial charge on any atom is -0.459 e. The normalized spacial score (nSPS) is 12.4. The predicted molar refractivity (Wildman–Crippen MR) is 69.6 cm³/mol. The van der Waals surface area contributed by atoms with Crippen molar-refractivity contribution in [2.45, 2.75) is 20.8 Å². The number of nitrogens with zero attached hydrogens (tertiary/aromatic N) is 2. The molecule has 0 saturated carbocycles. The zero-order valence-corrected chi connectivity index (χ0v) is 10.9. The highest BCUT2D eigenvalue weighted by Gasteiger charge is 2.04. The molecule has 0 aliphatic rings. The molecule has 0 saturated heterocycles. The summed E-state index contributed by atoms with van der Waals surface area (Å²) in [7, 11) is 0. The fourth-order valence-corrected chi connectivity index (χ4v) is 1.12. The van der Waals surface area contributed by atoms with Crippen LogP contribution in [0.1, 0.15) is 20.8 Å². The molecule has 1 rings (SSSR count). The van der Waals surface area contributed by atoms with E-state index in [4.69, 9.17) is 10.5 Å². The third kappa shape index (κ3) is 4.53. The maximum Gasteiger partial charge on any atom is 0.318 e. The Balaban J connectivity index is 2.60. The van der Waals surface area contributed by atoms with Gasteiger partial charge >= 0.3 is 6.01 Å². The van der Waals surface area contributed by atoms with Gasteiger partial charge in [0.2, 0.25) is 0 Å². The van der Waals surface area contributed by atoms with E-state index < -0.39 is 5.82 Å². The Labute approximate surface area is 106 Å². The van der Waals surface area contributed by atoms with E-state index in [1.807, 2.05) is 19.1 Å². The first-order valence-corrected chi connectivity index (χ1v) is 5.77. The van der Waals surface area contributed by atoms with Crippen molar-refractivity contribution in [3.63, 3.8) is 0 Å². The summed E-state index contributed by atoms with van der Waals surface area (Å²) in [6.45, 7) is 6.43. The third-order valence-corrected chi connectivity index (χ3v) is 2.18. The lowest BCUT2D eigenvalue weighted by atomic mass is 10.1. The molecule has 0 atom stereocenters. The van der Waals surface area contributed by atoms with Crippen molar-refractivity contribution >= 4 is 5.82 Å². The molecule has 0 radical (unpaired) electrons. The summed E-state index contributed by atoms with van der Waals surface area (Å²) in [6.07, 6.45) is 6.98. The second-order valence-corrected chi connectivity index (χ2v) is 4.14. The maximum absolute atomic E-state index is 12.8. The van der Waals surface area contributed by atoms with Crippen LogP contribution >= 0.6 is 0 Å². The van der Waals surface area contributed by atoms with E-state index in [0.29, 0.717) is 12.5 Å². The molecular weight excluding hydrogens is 233 g/mol. The van der Waals surface area contributed by atoms with Gasteiger partial charge in [0.05, 0.1) is 6.20 Å². The van der Waals surface area contributed by atoms with Gasteiger partial charge in [0.1, 0.15) is 6.61 Å². The molecule has 98 valence electrons. The van der Waals surface area contributed by atoms with Gasteiger partial charge in [-0.25, -0.2) is 9.37 Å². The van der Waals surface area contributed by atoms with Crippen molar-refractivity contribution in [2.75, 3.05) is 12.3 Å². The predicted octanol–water partition coefficient (Wildman–Crippen LogP) is 2.74. The van der Waals surface area contributed by atoms with Gasteiger partial charge < -0.3 is 10.5 Å². The van der Waals surface area contributed by atoms with E-state index in [0.717, 1.165) is 11.8 Å². The van der Waals surface area contributed by atoms with Crippen LogP contribution < -0.4 is 10.5 Å². The Morgan fingerprint density at radius 3 is 2.83 bits per heavy atom. The first-order valence-electron chi connectivity index (χ1n) is 5.77. The second kappa shape index (κ2) is 6.74. The number of aromatic nitrogens is 2. The average molecular weight is 251 g/mol. The molecule has 2 N–H and O–H groups in total. The van der Waals surface area contributed by atoms with E-state index >= 15 is 0 Å². The fraction of sp³-hybridized carbons (Fsp3) is 0.385. The monoisotopic (exact) mass is 251 g/mol. The molecule has 0 unspecified atom stereocenters. The standard InChI is InChI=1S/C13H18FN3O/c1-4-10(6-5-9(2)3)8-18-13-16-7-11(14)12(15)17-13/h4-7,9H,8H2,1-3H3,(H2,15,16,17)/b6-5-,10-4+. The van der Waals surface area contributed by atoms with Crippen LogP contribution in [0.5, 0.6) is 6.01 Å². The fourth-order valence-electron chi connectivity index (χ4n) is 1.12. The molecule has 1 aromatic heterocycles. The van der Waals surface area contributed by atoms with Crippen LogP contribution in [0.2, 0.25) is 0 Å². The number of allylic oxidation sites excluding steroid dienone is 2. The Hall–Kier alpha value is -1.91. The number of ether oxygens (including phenoxy) is 1. The molecule has 0 bridgehead atoms. The molecule has 1 aromatic rings. The molecule has 0 aliphatic carbocycles. The number of rotatable bonds is 5. The van der Waals surface area contributed by atoms with Gasteiger partial charge in [0, 0.05) is 0 Å². The molecule has 4 nitrogen and oxygen atoms in total. The number of hydrogen-bond acceptors (Lipinski definition) is 4. The van der Waals surface area contributed by atoms with Crippen LogP contribution in [0.4, 0.5) is 10.2 Å². The average Bonchev–Trinajstić information content (AvgIpc) is 2.33. The van der Waals surface area contributed by atoms with Crippen LogP contribution in [0, 0.1) is 11.7 Å². The number of halogens is 1. The molecular formula is C13H18FN3O. The topological polar surface area (TPSA) is 61.0 Å². The molecule has 1 heterocycles. The number of hydrogen-bond donors (Lipinski definition) is 1. The minimum absolute atomic E-state index is 0.0752. The maximum atomic E-state index is 12.8. The first-order chi connectivity index (χ1) is 8.52. The summed E-state index contributed by atoms with van der Waals surface area (Å²) in [5.41, 5.74) is 6.32. The van der Waals surface area contributed by atoms with E-state index in [2.05, 4.69) is 29.9 Å². The molecule has 5 heteroatoms. The van der Waals surface area contributed by atoms with Crippen LogP contribution in [0.25, 0.3) is 0 Å². The highest BCUT2D eigenvalue weighted by atomic mass is 19.1. The molecule has 18 heavy (non-hydrogen) atoms. The quantitative estimate of drug-likeness (QED) is 0.817. The summed E-state index contributed by atoms with van der Waals surface area (Å²) >= 11 is 0. The molecule has 0 amide bonds. The van der Waals surface area contributed by atoms with Gasteiger partial charge in [-0.15, -0.1) is 0 Å². The van der Waals surface area contributed by atoms with E-state index in [1.54, 1.807) is 0 Å². The highest BCUT2D eigenvalue weighted by molar-refractivity contribution is 5.29. The van der Waals surface area contributed by atoms with Crippen LogP contribution in [-0.4, -0.2) is 16.6 Å². The largest absolute Gasteiger partial charge is 0.459 e. The Kier molecular flexibility index (Phi) is 5.30. The van der Waals surface area contributed by atoms with Gasteiger partial charge in [-0.05, 0) is 18.4 Å². The second-order valence-electron chi connectivity index (χ2n) is 4.14. The Morgan fingerprint density at radius 2 is 2.28 bits per heavy atom. The van der Waals surface area contributed by atoms with Gasteiger partial charge in [0.15, 0.2) is 11.6 Å². The zero-order valence-electron chi connectivity index (χ0n) is 10.9. The Morgan fingerprint density at radius 1 is 1.56 bits per heavy atom. The summed E-state index contributed by atoms with van der Waals surface area (Å²) in [5.74, 6) is -0.384. The van der Waals surface area contributed by atoms with Crippen molar-refractivity contribution in [1.29, 1.82) is 0 Å². The summed E-state index contributed by atoms with van der Waals surface area (Å²) in [6, 6.07) is 0.0752. The third-order valence-electron chi connectivity index (χ3n) is 2.18. The van der Waals surface area contributed by atoms with Gasteiger partial charge in [0.25, 0.3) is 0 Å². The number of nitrogen functional groups attached to an aromatic ring is 1. The number of nitrogens with two attached hydrogens (primary N) is 1. The van der Waals surface area contributed by atoms with Crippen molar-refractivity contribution < 1.29 is 9.13 Å². The molecule has 0 aliphatic heterocycles. The SMILES string of the molecule is C/C=C(\C=C/C(C)C)COc1ncc(F)c(N)n1. The van der Waals surface area contributed by atoms with Crippen LogP contribution in [-0.2, 0) is 0 Å². The van der Waals surface area contributed by atoms with E-state index in [9.17, 15) is 4.39 Å². The smallest absolute Gasteiger partial charge is 0.318 e. The first kappa shape index (κ1) is 14.2. The highest BCUT2D eigenvalue weighted by Crippen LogP contribution is 2.10. The van der Waals surface area contributed by atoms with Gasteiger partial charge in [-0.1, -0.05) is 32.1 Å². The van der Waals surface area contributed by atoms with Crippen molar-refractivity contribution in [3.05, 3.63) is 35.8 Å². The minimum atomic E-state index is -0.645. The van der Waals surface area contributed by atoms with E-state index in [1.165, 1.54) is 0 Å². The number of anilines is 1. The molecule has 0 aromatic carbocycles.